The molecule has 2 heterocycles. The van der Waals surface area contributed by atoms with Crippen LogP contribution < -0.4 is 5.32 Å². The minimum absolute atomic E-state index is 0.0814. The van der Waals surface area contributed by atoms with E-state index >= 15 is 0 Å². The molecule has 0 saturated heterocycles. The molecule has 1 aromatic carbocycles. The van der Waals surface area contributed by atoms with E-state index in [1.165, 1.54) is 22.3 Å². The Bertz CT molecular complexity index is 733. The molecule has 3 rings (SSSR count). The van der Waals surface area contributed by atoms with E-state index in [0.717, 1.165) is 5.56 Å². The van der Waals surface area contributed by atoms with E-state index in [2.05, 4.69) is 46.6 Å². The number of fused-ring (bicyclic) bond motifs is 1. The van der Waals surface area contributed by atoms with Crippen LogP contribution in [0.1, 0.15) is 24.1 Å². The topological polar surface area (TPSA) is 42.2 Å². The quantitative estimate of drug-likeness (QED) is 0.793. The SMILES string of the molecule is Cc1ccc(C(C)Nc2nc3ccc(F)cn3n2)cc1. The second kappa shape index (κ2) is 4.92. The van der Waals surface area contributed by atoms with Gasteiger partial charge in [0.15, 0.2) is 5.65 Å². The van der Waals surface area contributed by atoms with Gasteiger partial charge in [0.25, 0.3) is 0 Å². The third-order valence-corrected chi connectivity index (χ3v) is 3.22. The summed E-state index contributed by atoms with van der Waals surface area (Å²) >= 11 is 0. The molecule has 20 heavy (non-hydrogen) atoms. The number of pyridine rings is 1. The summed E-state index contributed by atoms with van der Waals surface area (Å²) in [6.45, 7) is 4.09. The summed E-state index contributed by atoms with van der Waals surface area (Å²) in [4.78, 5) is 4.31. The van der Waals surface area contributed by atoms with Crippen LogP contribution in [-0.2, 0) is 0 Å². The normalized spacial score (nSPS) is 12.6. The Kier molecular flexibility index (Phi) is 3.10. The molecular weight excluding hydrogens is 255 g/mol. The summed E-state index contributed by atoms with van der Waals surface area (Å²) in [6, 6.07) is 11.3. The molecule has 4 nitrogen and oxygen atoms in total. The second-order valence-electron chi connectivity index (χ2n) is 4.86. The highest BCUT2D eigenvalue weighted by Gasteiger charge is 2.09. The van der Waals surface area contributed by atoms with Crippen molar-refractivity contribution >= 4 is 11.6 Å². The molecule has 0 amide bonds. The molecule has 0 saturated carbocycles. The van der Waals surface area contributed by atoms with Crippen molar-refractivity contribution in [3.63, 3.8) is 0 Å². The molecule has 0 bridgehead atoms. The van der Waals surface area contributed by atoms with Gasteiger partial charge >= 0.3 is 0 Å². The van der Waals surface area contributed by atoms with Crippen molar-refractivity contribution in [1.82, 2.24) is 14.6 Å². The van der Waals surface area contributed by atoms with Gasteiger partial charge in [-0.05, 0) is 31.5 Å². The maximum atomic E-state index is 13.1. The number of rotatable bonds is 3. The summed E-state index contributed by atoms with van der Waals surface area (Å²) in [5, 5.41) is 7.43. The van der Waals surface area contributed by atoms with Gasteiger partial charge in [-0.3, -0.25) is 0 Å². The van der Waals surface area contributed by atoms with Crippen LogP contribution >= 0.6 is 0 Å². The van der Waals surface area contributed by atoms with Crippen LogP contribution in [0.3, 0.4) is 0 Å². The third kappa shape index (κ3) is 2.47. The number of anilines is 1. The maximum Gasteiger partial charge on any atom is 0.243 e. The molecule has 1 atom stereocenters. The van der Waals surface area contributed by atoms with Crippen LogP contribution in [0.15, 0.2) is 42.6 Å². The van der Waals surface area contributed by atoms with Crippen molar-refractivity contribution in [1.29, 1.82) is 0 Å². The molecule has 1 N–H and O–H groups in total. The molecule has 1 unspecified atom stereocenters. The Morgan fingerprint density at radius 2 is 1.90 bits per heavy atom. The molecule has 0 radical (unpaired) electrons. The van der Waals surface area contributed by atoms with Gasteiger partial charge in [0.2, 0.25) is 5.95 Å². The first-order valence-corrected chi connectivity index (χ1v) is 6.47. The van der Waals surface area contributed by atoms with E-state index in [4.69, 9.17) is 0 Å². The number of benzene rings is 1. The Hall–Kier alpha value is -2.43. The maximum absolute atomic E-state index is 13.1. The fraction of sp³-hybridized carbons (Fsp3) is 0.200. The summed E-state index contributed by atoms with van der Waals surface area (Å²) in [6.07, 6.45) is 1.31. The Morgan fingerprint density at radius 3 is 2.65 bits per heavy atom. The lowest BCUT2D eigenvalue weighted by molar-refractivity contribution is 0.614. The van der Waals surface area contributed by atoms with E-state index in [0.29, 0.717) is 11.6 Å². The highest BCUT2D eigenvalue weighted by molar-refractivity contribution is 5.44. The lowest BCUT2D eigenvalue weighted by atomic mass is 10.1. The first-order valence-electron chi connectivity index (χ1n) is 6.47. The number of nitrogens with one attached hydrogen (secondary N) is 1. The predicted molar refractivity (Wildman–Crippen MR) is 76.2 cm³/mol. The van der Waals surface area contributed by atoms with Crippen molar-refractivity contribution in [2.75, 3.05) is 5.32 Å². The molecule has 0 aliphatic carbocycles. The van der Waals surface area contributed by atoms with Crippen LogP contribution in [0.25, 0.3) is 5.65 Å². The largest absolute Gasteiger partial charge is 0.346 e. The number of nitrogens with zero attached hydrogens (tertiary/aromatic N) is 3. The van der Waals surface area contributed by atoms with Crippen molar-refractivity contribution < 1.29 is 4.39 Å². The Labute approximate surface area is 116 Å². The number of hydrogen-bond acceptors (Lipinski definition) is 3. The molecule has 0 aliphatic heterocycles. The predicted octanol–water partition coefficient (Wildman–Crippen LogP) is 3.35. The molecule has 0 spiro atoms. The molecule has 102 valence electrons. The summed E-state index contributed by atoms with van der Waals surface area (Å²) < 4.78 is 14.5. The van der Waals surface area contributed by atoms with Gasteiger partial charge < -0.3 is 5.32 Å². The van der Waals surface area contributed by atoms with Crippen LogP contribution in [-0.4, -0.2) is 14.6 Å². The smallest absolute Gasteiger partial charge is 0.243 e. The highest BCUT2D eigenvalue weighted by Crippen LogP contribution is 2.18. The fourth-order valence-electron chi connectivity index (χ4n) is 2.05. The van der Waals surface area contributed by atoms with Gasteiger partial charge in [-0.1, -0.05) is 29.8 Å². The zero-order valence-corrected chi connectivity index (χ0v) is 11.3. The average Bonchev–Trinajstić information content (AvgIpc) is 2.80. The summed E-state index contributed by atoms with van der Waals surface area (Å²) in [7, 11) is 0. The van der Waals surface area contributed by atoms with E-state index in [1.807, 2.05) is 6.92 Å². The van der Waals surface area contributed by atoms with E-state index in [1.54, 1.807) is 6.07 Å². The van der Waals surface area contributed by atoms with Gasteiger partial charge in [0.1, 0.15) is 5.82 Å². The van der Waals surface area contributed by atoms with Gasteiger partial charge in [0.05, 0.1) is 12.2 Å². The average molecular weight is 270 g/mol. The molecule has 2 aromatic heterocycles. The zero-order chi connectivity index (χ0) is 14.1. The second-order valence-corrected chi connectivity index (χ2v) is 4.86. The molecule has 5 heteroatoms. The number of halogens is 1. The van der Waals surface area contributed by atoms with Crippen molar-refractivity contribution in [3.8, 4) is 0 Å². The van der Waals surface area contributed by atoms with E-state index in [-0.39, 0.29) is 11.9 Å². The van der Waals surface area contributed by atoms with Crippen molar-refractivity contribution in [2.45, 2.75) is 19.9 Å². The number of hydrogen-bond donors (Lipinski definition) is 1. The third-order valence-electron chi connectivity index (χ3n) is 3.22. The first kappa shape index (κ1) is 12.6. The molecule has 3 aromatic rings. The van der Waals surface area contributed by atoms with Crippen LogP contribution in [0.5, 0.6) is 0 Å². The lowest BCUT2D eigenvalue weighted by Gasteiger charge is -2.12. The van der Waals surface area contributed by atoms with Gasteiger partial charge in [-0.2, -0.15) is 4.98 Å². The van der Waals surface area contributed by atoms with E-state index in [9.17, 15) is 4.39 Å². The summed E-state index contributed by atoms with van der Waals surface area (Å²) in [5.74, 6) is 0.157. The van der Waals surface area contributed by atoms with Crippen molar-refractivity contribution in [3.05, 3.63) is 59.5 Å². The van der Waals surface area contributed by atoms with Gasteiger partial charge in [-0.15, -0.1) is 5.10 Å². The molecule has 0 aliphatic rings. The van der Waals surface area contributed by atoms with Crippen molar-refractivity contribution in [2.24, 2.45) is 0 Å². The monoisotopic (exact) mass is 270 g/mol. The molecular formula is C15H15FN4. The zero-order valence-electron chi connectivity index (χ0n) is 11.3. The highest BCUT2D eigenvalue weighted by atomic mass is 19.1. The fourth-order valence-corrected chi connectivity index (χ4v) is 2.05. The van der Waals surface area contributed by atoms with Gasteiger partial charge in [-0.25, -0.2) is 8.91 Å². The Balaban J connectivity index is 1.83. The van der Waals surface area contributed by atoms with Crippen LogP contribution in [0.2, 0.25) is 0 Å². The number of aromatic nitrogens is 3. The minimum Gasteiger partial charge on any atom is -0.346 e. The number of aryl methyl sites for hydroxylation is 1. The minimum atomic E-state index is -0.333. The molecule has 0 fully saturated rings. The van der Waals surface area contributed by atoms with Crippen LogP contribution in [0, 0.1) is 12.7 Å². The lowest BCUT2D eigenvalue weighted by Crippen LogP contribution is -2.07. The van der Waals surface area contributed by atoms with Crippen LogP contribution in [0.4, 0.5) is 10.3 Å². The standard InChI is InChI=1S/C15H15FN4/c1-10-3-5-12(6-4-10)11(2)17-15-18-14-8-7-13(16)9-20(14)19-15/h3-9,11H,1-2H3,(H,17,19). The first-order chi connectivity index (χ1) is 9.61. The Morgan fingerprint density at radius 1 is 1.15 bits per heavy atom. The van der Waals surface area contributed by atoms with E-state index < -0.39 is 0 Å². The van der Waals surface area contributed by atoms with Gasteiger partial charge in [0, 0.05) is 0 Å². The summed E-state index contributed by atoms with van der Waals surface area (Å²) in [5.41, 5.74) is 2.99.